The van der Waals surface area contributed by atoms with Gasteiger partial charge in [-0.2, -0.15) is 0 Å². The minimum atomic E-state index is -0.179. The highest BCUT2D eigenvalue weighted by molar-refractivity contribution is 5.83. The molecule has 0 aliphatic heterocycles. The van der Waals surface area contributed by atoms with Crippen molar-refractivity contribution in [1.82, 2.24) is 29.9 Å². The molecule has 2 aromatic carbocycles. The molecule has 0 saturated carbocycles. The van der Waals surface area contributed by atoms with Crippen LogP contribution in [-0.4, -0.2) is 29.9 Å². The van der Waals surface area contributed by atoms with Crippen LogP contribution in [0, 0.1) is 0 Å². The lowest BCUT2D eigenvalue weighted by molar-refractivity contribution is 0.659. The molecule has 7 rings (SSSR count). The molecule has 0 spiro atoms. The first-order chi connectivity index (χ1) is 19.6. The fraction of sp³-hybridized carbons (Fsp3) is 0.118. The van der Waals surface area contributed by atoms with Gasteiger partial charge < -0.3 is 0 Å². The van der Waals surface area contributed by atoms with Gasteiger partial charge in [0.05, 0.1) is 0 Å². The van der Waals surface area contributed by atoms with Crippen LogP contribution >= 0.6 is 0 Å². The maximum Gasteiger partial charge on any atom is 0.182 e. The second-order valence-electron chi connectivity index (χ2n) is 10.5. The highest BCUT2D eigenvalue weighted by Crippen LogP contribution is 2.49. The van der Waals surface area contributed by atoms with E-state index >= 15 is 0 Å². The van der Waals surface area contributed by atoms with Gasteiger partial charge in [-0.25, -0.2) is 15.0 Å². The minimum absolute atomic E-state index is 0.179. The highest BCUT2D eigenvalue weighted by Gasteiger charge is 2.36. The van der Waals surface area contributed by atoms with E-state index in [1.165, 1.54) is 27.8 Å². The van der Waals surface area contributed by atoms with Crippen LogP contribution in [0.2, 0.25) is 0 Å². The number of benzene rings is 2. The highest BCUT2D eigenvalue weighted by atomic mass is 15.1. The molecular weight excluding hydrogens is 492 g/mol. The van der Waals surface area contributed by atoms with Gasteiger partial charge in [0.2, 0.25) is 0 Å². The minimum Gasteiger partial charge on any atom is -0.261 e. The van der Waals surface area contributed by atoms with E-state index in [2.05, 4.69) is 71.3 Å². The lowest BCUT2D eigenvalue weighted by Gasteiger charge is -2.22. The first kappa shape index (κ1) is 24.0. The summed E-state index contributed by atoms with van der Waals surface area (Å²) in [7, 11) is 0. The van der Waals surface area contributed by atoms with Crippen molar-refractivity contribution in [2.75, 3.05) is 0 Å². The van der Waals surface area contributed by atoms with Gasteiger partial charge >= 0.3 is 0 Å². The maximum atomic E-state index is 4.86. The molecule has 0 bridgehead atoms. The molecule has 4 aromatic heterocycles. The van der Waals surface area contributed by atoms with E-state index in [-0.39, 0.29) is 5.41 Å². The van der Waals surface area contributed by atoms with Crippen molar-refractivity contribution in [2.24, 2.45) is 0 Å². The topological polar surface area (TPSA) is 77.3 Å². The third-order valence-corrected chi connectivity index (χ3v) is 7.53. The van der Waals surface area contributed by atoms with Gasteiger partial charge in [0.1, 0.15) is 11.4 Å². The number of nitrogens with zero attached hydrogens (tertiary/aromatic N) is 6. The first-order valence-electron chi connectivity index (χ1n) is 13.3. The van der Waals surface area contributed by atoms with Crippen LogP contribution < -0.4 is 0 Å². The number of fused-ring (bicyclic) bond motifs is 3. The second kappa shape index (κ2) is 9.58. The fourth-order valence-electron chi connectivity index (χ4n) is 5.47. The zero-order valence-corrected chi connectivity index (χ0v) is 22.3. The van der Waals surface area contributed by atoms with Crippen LogP contribution in [0.4, 0.5) is 0 Å². The number of hydrogen-bond acceptors (Lipinski definition) is 6. The lowest BCUT2D eigenvalue weighted by atomic mass is 9.81. The number of hydrogen-bond donors (Lipinski definition) is 0. The number of pyridine rings is 3. The molecule has 40 heavy (non-hydrogen) atoms. The first-order valence-corrected chi connectivity index (χ1v) is 13.3. The molecular formula is C34H26N6. The third-order valence-electron chi connectivity index (χ3n) is 7.53. The predicted octanol–water partition coefficient (Wildman–Crippen LogP) is 6.95. The maximum absolute atomic E-state index is 4.86. The second-order valence-corrected chi connectivity index (χ2v) is 10.5. The molecule has 1 aliphatic carbocycles. The Labute approximate surface area is 232 Å². The van der Waals surface area contributed by atoms with Gasteiger partial charge in [-0.3, -0.25) is 15.0 Å². The quantitative estimate of drug-likeness (QED) is 0.246. The van der Waals surface area contributed by atoms with E-state index in [0.717, 1.165) is 17.7 Å². The van der Waals surface area contributed by atoms with Crippen molar-refractivity contribution >= 4 is 0 Å². The normalized spacial score (nSPS) is 13.1. The molecule has 6 nitrogen and oxygen atoms in total. The van der Waals surface area contributed by atoms with Gasteiger partial charge in [0.25, 0.3) is 0 Å². The van der Waals surface area contributed by atoms with Gasteiger partial charge in [0.15, 0.2) is 17.5 Å². The van der Waals surface area contributed by atoms with Gasteiger partial charge in [-0.15, -0.1) is 0 Å². The molecule has 6 heteroatoms. The molecule has 0 amide bonds. The molecule has 0 radical (unpaired) electrons. The van der Waals surface area contributed by atoms with Gasteiger partial charge in [-0.1, -0.05) is 62.4 Å². The average molecular weight is 519 g/mol. The van der Waals surface area contributed by atoms with E-state index in [1.807, 2.05) is 54.7 Å². The Hall–Kier alpha value is -5.10. The molecule has 0 unspecified atom stereocenters. The summed E-state index contributed by atoms with van der Waals surface area (Å²) in [6.07, 6.45) is 6.15. The summed E-state index contributed by atoms with van der Waals surface area (Å²) in [6, 6.07) is 30.9. The summed E-state index contributed by atoms with van der Waals surface area (Å²) in [5.74, 6) is 1.64. The Morgan fingerprint density at radius 2 is 1.12 bits per heavy atom. The Bertz CT molecular complexity index is 1780. The Balaban J connectivity index is 1.31. The van der Waals surface area contributed by atoms with E-state index in [9.17, 15) is 0 Å². The summed E-state index contributed by atoms with van der Waals surface area (Å²) in [6.45, 7) is 4.58. The van der Waals surface area contributed by atoms with Crippen molar-refractivity contribution in [3.63, 3.8) is 0 Å². The summed E-state index contributed by atoms with van der Waals surface area (Å²) in [4.78, 5) is 27.9. The van der Waals surface area contributed by atoms with Crippen molar-refractivity contribution in [2.45, 2.75) is 25.7 Å². The summed E-state index contributed by atoms with van der Waals surface area (Å²) < 4.78 is 0. The Kier molecular flexibility index (Phi) is 5.74. The zero-order chi connectivity index (χ0) is 27.1. The Morgan fingerprint density at radius 1 is 0.550 bits per heavy atom. The molecule has 0 saturated heterocycles. The van der Waals surface area contributed by atoms with Crippen LogP contribution in [0.5, 0.6) is 0 Å². The monoisotopic (exact) mass is 518 g/mol. The van der Waals surface area contributed by atoms with Crippen LogP contribution in [-0.2, 0) is 11.8 Å². The van der Waals surface area contributed by atoms with E-state index in [0.29, 0.717) is 28.9 Å². The molecule has 1 aliphatic rings. The smallest absolute Gasteiger partial charge is 0.182 e. The van der Waals surface area contributed by atoms with Crippen LogP contribution in [0.1, 0.15) is 36.2 Å². The molecule has 192 valence electrons. The molecule has 4 heterocycles. The van der Waals surface area contributed by atoms with Gasteiger partial charge in [-0.05, 0) is 70.3 Å². The predicted molar refractivity (Wildman–Crippen MR) is 156 cm³/mol. The van der Waals surface area contributed by atoms with Crippen molar-refractivity contribution in [1.29, 1.82) is 0 Å². The number of rotatable bonds is 5. The molecule has 0 fully saturated rings. The van der Waals surface area contributed by atoms with Crippen LogP contribution in [0.25, 0.3) is 45.6 Å². The van der Waals surface area contributed by atoms with Crippen LogP contribution in [0.3, 0.4) is 0 Å². The van der Waals surface area contributed by atoms with E-state index in [4.69, 9.17) is 15.0 Å². The van der Waals surface area contributed by atoms with Crippen molar-refractivity contribution in [3.8, 4) is 45.6 Å². The number of aromatic nitrogens is 6. The van der Waals surface area contributed by atoms with Crippen LogP contribution in [0.15, 0.2) is 110 Å². The van der Waals surface area contributed by atoms with E-state index < -0.39 is 0 Å². The molecule has 0 N–H and O–H groups in total. The molecule has 6 aromatic rings. The zero-order valence-electron chi connectivity index (χ0n) is 22.3. The van der Waals surface area contributed by atoms with Crippen molar-refractivity contribution in [3.05, 3.63) is 132 Å². The average Bonchev–Trinajstić information content (AvgIpc) is 3.23. The molecule has 0 atom stereocenters. The summed E-state index contributed by atoms with van der Waals surface area (Å²) in [5, 5.41) is 0. The standard InChI is InChI=1S/C34H26N6/c1-34(2)27-20-22(19-24-9-3-6-16-35-24)12-14-25(27)26-15-13-23(21-28(26)34)31-38-32(29-10-4-7-17-36-29)40-33(39-31)30-11-5-8-18-37-30/h3-18,20-21H,19H2,1-2H3. The van der Waals surface area contributed by atoms with Gasteiger partial charge in [0, 0.05) is 41.7 Å². The van der Waals surface area contributed by atoms with E-state index in [1.54, 1.807) is 12.4 Å². The van der Waals surface area contributed by atoms with Crippen molar-refractivity contribution < 1.29 is 0 Å². The lowest BCUT2D eigenvalue weighted by Crippen LogP contribution is -2.15. The largest absolute Gasteiger partial charge is 0.261 e. The Morgan fingerprint density at radius 3 is 1.73 bits per heavy atom. The SMILES string of the molecule is CC1(C)c2cc(Cc3ccccn3)ccc2-c2ccc(-c3nc(-c4ccccn4)nc(-c4ccccn4)n3)cc21. The summed E-state index contributed by atoms with van der Waals surface area (Å²) >= 11 is 0. The summed E-state index contributed by atoms with van der Waals surface area (Å²) in [5.41, 5.74) is 9.58. The third kappa shape index (κ3) is 4.24. The fourth-order valence-corrected chi connectivity index (χ4v) is 5.47.